The molecular formula is C22H28N2O3S. The lowest BCUT2D eigenvalue weighted by atomic mass is 10.1. The average molecular weight is 401 g/mol. The molecule has 0 radical (unpaired) electrons. The number of benzene rings is 2. The van der Waals surface area contributed by atoms with Crippen LogP contribution < -0.4 is 4.90 Å². The molecule has 0 atom stereocenters. The molecule has 0 saturated heterocycles. The van der Waals surface area contributed by atoms with E-state index in [1.807, 2.05) is 20.8 Å². The van der Waals surface area contributed by atoms with Gasteiger partial charge in [0.2, 0.25) is 15.9 Å². The molecule has 1 aliphatic rings. The Hall–Kier alpha value is -2.18. The number of hydrogen-bond acceptors (Lipinski definition) is 3. The molecule has 28 heavy (non-hydrogen) atoms. The third-order valence-electron chi connectivity index (χ3n) is 5.34. The second-order valence-corrected chi connectivity index (χ2v) is 9.10. The van der Waals surface area contributed by atoms with Gasteiger partial charge in [-0.25, -0.2) is 8.42 Å². The number of aryl methyl sites for hydroxylation is 2. The van der Waals surface area contributed by atoms with Gasteiger partial charge < -0.3 is 4.90 Å². The van der Waals surface area contributed by atoms with E-state index in [9.17, 15) is 13.2 Å². The molecule has 2 aromatic rings. The molecule has 0 fully saturated rings. The number of carbonyl (C=O) groups is 1. The molecule has 1 aliphatic heterocycles. The second-order valence-electron chi connectivity index (χ2n) is 7.16. The monoisotopic (exact) mass is 400 g/mol. The molecule has 0 unspecified atom stereocenters. The standard InChI is InChI=1S/C22H28N2O3S/c1-4-23(5-2)28(26,27)20-11-12-21-19(16-20)14-15-24(21)22(25)13-10-18-8-6-17(3)7-9-18/h6-9,11-12,16H,4-5,10,13-15H2,1-3H3. The van der Waals surface area contributed by atoms with E-state index in [2.05, 4.69) is 24.3 Å². The first kappa shape index (κ1) is 20.6. The van der Waals surface area contributed by atoms with Gasteiger partial charge in [-0.1, -0.05) is 43.7 Å². The topological polar surface area (TPSA) is 57.7 Å². The van der Waals surface area contributed by atoms with E-state index < -0.39 is 10.0 Å². The maximum atomic E-state index is 12.7. The number of fused-ring (bicyclic) bond motifs is 1. The lowest BCUT2D eigenvalue weighted by Crippen LogP contribution is -2.30. The molecule has 5 nitrogen and oxygen atoms in total. The second kappa shape index (κ2) is 8.45. The molecule has 1 heterocycles. The SMILES string of the molecule is CCN(CC)S(=O)(=O)c1ccc2c(c1)CCN2C(=O)CCc1ccc(C)cc1. The number of sulfonamides is 1. The fraction of sp³-hybridized carbons (Fsp3) is 0.409. The van der Waals surface area contributed by atoms with E-state index in [0.717, 1.165) is 16.8 Å². The van der Waals surface area contributed by atoms with E-state index in [1.165, 1.54) is 9.87 Å². The van der Waals surface area contributed by atoms with Gasteiger partial charge in [0.15, 0.2) is 0 Å². The number of nitrogens with zero attached hydrogens (tertiary/aromatic N) is 2. The zero-order chi connectivity index (χ0) is 20.3. The highest BCUT2D eigenvalue weighted by Crippen LogP contribution is 2.31. The smallest absolute Gasteiger partial charge is 0.243 e. The molecule has 0 saturated carbocycles. The van der Waals surface area contributed by atoms with Crippen molar-refractivity contribution in [2.75, 3.05) is 24.5 Å². The van der Waals surface area contributed by atoms with Crippen LogP contribution >= 0.6 is 0 Å². The molecule has 0 N–H and O–H groups in total. The fourth-order valence-electron chi connectivity index (χ4n) is 3.65. The minimum atomic E-state index is -3.48. The Bertz CT molecular complexity index is 948. The average Bonchev–Trinajstić information content (AvgIpc) is 3.11. The minimum Gasteiger partial charge on any atom is -0.312 e. The summed E-state index contributed by atoms with van der Waals surface area (Å²) in [5, 5.41) is 0. The highest BCUT2D eigenvalue weighted by molar-refractivity contribution is 7.89. The number of carbonyl (C=O) groups excluding carboxylic acids is 1. The molecule has 150 valence electrons. The first-order valence-electron chi connectivity index (χ1n) is 9.85. The minimum absolute atomic E-state index is 0.0821. The van der Waals surface area contributed by atoms with Crippen molar-refractivity contribution in [1.82, 2.24) is 4.31 Å². The zero-order valence-corrected chi connectivity index (χ0v) is 17.6. The Morgan fingerprint density at radius 2 is 1.75 bits per heavy atom. The molecule has 1 amide bonds. The largest absolute Gasteiger partial charge is 0.312 e. The van der Waals surface area contributed by atoms with E-state index in [1.54, 1.807) is 23.1 Å². The highest BCUT2D eigenvalue weighted by Gasteiger charge is 2.28. The summed E-state index contributed by atoms with van der Waals surface area (Å²) in [7, 11) is -3.48. The lowest BCUT2D eigenvalue weighted by molar-refractivity contribution is -0.118. The van der Waals surface area contributed by atoms with Gasteiger partial charge in [-0.2, -0.15) is 4.31 Å². The van der Waals surface area contributed by atoms with Gasteiger partial charge in [-0.3, -0.25) is 4.79 Å². The molecule has 3 rings (SSSR count). The van der Waals surface area contributed by atoms with Crippen molar-refractivity contribution in [3.63, 3.8) is 0 Å². The quantitative estimate of drug-likeness (QED) is 0.714. The van der Waals surface area contributed by atoms with Gasteiger partial charge in [0.25, 0.3) is 0 Å². The third kappa shape index (κ3) is 4.13. The van der Waals surface area contributed by atoms with E-state index in [-0.39, 0.29) is 5.91 Å². The van der Waals surface area contributed by atoms with Crippen molar-refractivity contribution < 1.29 is 13.2 Å². The number of amides is 1. The Labute approximate surface area is 168 Å². The molecule has 0 spiro atoms. The van der Waals surface area contributed by atoms with Crippen molar-refractivity contribution in [3.8, 4) is 0 Å². The van der Waals surface area contributed by atoms with Gasteiger partial charge in [-0.05, 0) is 49.1 Å². The molecule has 0 bridgehead atoms. The molecule has 0 aliphatic carbocycles. The summed E-state index contributed by atoms with van der Waals surface area (Å²) in [6.07, 6.45) is 1.84. The number of rotatable bonds is 7. The van der Waals surface area contributed by atoms with Crippen molar-refractivity contribution in [2.45, 2.75) is 44.9 Å². The van der Waals surface area contributed by atoms with Crippen LogP contribution in [0.4, 0.5) is 5.69 Å². The summed E-state index contributed by atoms with van der Waals surface area (Å²) in [5.74, 6) is 0.0821. The predicted molar refractivity (Wildman–Crippen MR) is 112 cm³/mol. The van der Waals surface area contributed by atoms with Crippen LogP contribution in [0.15, 0.2) is 47.4 Å². The molecular weight excluding hydrogens is 372 g/mol. The van der Waals surface area contributed by atoms with Crippen molar-refractivity contribution >= 4 is 21.6 Å². The van der Waals surface area contributed by atoms with Gasteiger partial charge in [0, 0.05) is 31.7 Å². The van der Waals surface area contributed by atoms with Crippen molar-refractivity contribution in [1.29, 1.82) is 0 Å². The number of hydrogen-bond donors (Lipinski definition) is 0. The Morgan fingerprint density at radius 1 is 1.07 bits per heavy atom. The first-order chi connectivity index (χ1) is 13.4. The van der Waals surface area contributed by atoms with Crippen LogP contribution in [-0.4, -0.2) is 38.3 Å². The van der Waals surface area contributed by atoms with Crippen LogP contribution in [0.1, 0.15) is 37.0 Å². The summed E-state index contributed by atoms with van der Waals surface area (Å²) in [6, 6.07) is 13.4. The van der Waals surface area contributed by atoms with E-state index >= 15 is 0 Å². The molecule has 0 aromatic heterocycles. The first-order valence-corrected chi connectivity index (χ1v) is 11.3. The Kier molecular flexibility index (Phi) is 6.20. The van der Waals surface area contributed by atoms with Gasteiger partial charge >= 0.3 is 0 Å². The zero-order valence-electron chi connectivity index (χ0n) is 16.8. The summed E-state index contributed by atoms with van der Waals surface area (Å²) >= 11 is 0. The Morgan fingerprint density at radius 3 is 2.39 bits per heavy atom. The van der Waals surface area contributed by atoms with E-state index in [4.69, 9.17) is 0 Å². The summed E-state index contributed by atoms with van der Waals surface area (Å²) in [4.78, 5) is 14.8. The van der Waals surface area contributed by atoms with Crippen LogP contribution in [0.3, 0.4) is 0 Å². The maximum Gasteiger partial charge on any atom is 0.243 e. The molecule has 2 aromatic carbocycles. The molecule has 6 heteroatoms. The third-order valence-corrected chi connectivity index (χ3v) is 7.38. The Balaban J connectivity index is 1.73. The summed E-state index contributed by atoms with van der Waals surface area (Å²) in [5.41, 5.74) is 4.13. The lowest BCUT2D eigenvalue weighted by Gasteiger charge is -2.20. The maximum absolute atomic E-state index is 12.7. The predicted octanol–water partition coefficient (Wildman–Crippen LogP) is 3.55. The van der Waals surface area contributed by atoms with Gasteiger partial charge in [0.1, 0.15) is 0 Å². The van der Waals surface area contributed by atoms with Crippen molar-refractivity contribution in [3.05, 3.63) is 59.2 Å². The highest BCUT2D eigenvalue weighted by atomic mass is 32.2. The van der Waals surface area contributed by atoms with Gasteiger partial charge in [0.05, 0.1) is 4.90 Å². The summed E-state index contributed by atoms with van der Waals surface area (Å²) < 4.78 is 26.9. The number of anilines is 1. The van der Waals surface area contributed by atoms with Crippen LogP contribution in [0.2, 0.25) is 0 Å². The fourth-order valence-corrected chi connectivity index (χ4v) is 5.16. The van der Waals surface area contributed by atoms with Crippen LogP contribution in [-0.2, 0) is 27.7 Å². The van der Waals surface area contributed by atoms with E-state index in [0.29, 0.717) is 43.8 Å². The van der Waals surface area contributed by atoms with Crippen LogP contribution in [0.25, 0.3) is 0 Å². The van der Waals surface area contributed by atoms with Gasteiger partial charge in [-0.15, -0.1) is 0 Å². The van der Waals surface area contributed by atoms with Crippen LogP contribution in [0, 0.1) is 6.92 Å². The van der Waals surface area contributed by atoms with Crippen LogP contribution in [0.5, 0.6) is 0 Å². The summed E-state index contributed by atoms with van der Waals surface area (Å²) in [6.45, 7) is 7.21. The van der Waals surface area contributed by atoms with Crippen molar-refractivity contribution in [2.24, 2.45) is 0 Å². The normalized spacial score (nSPS) is 13.8.